The van der Waals surface area contributed by atoms with Crippen molar-refractivity contribution in [3.05, 3.63) is 46.8 Å². The molecule has 0 radical (unpaired) electrons. The second-order valence-corrected chi connectivity index (χ2v) is 5.90. The van der Waals surface area contributed by atoms with Gasteiger partial charge in [0.2, 0.25) is 5.91 Å². The maximum absolute atomic E-state index is 12.0. The summed E-state index contributed by atoms with van der Waals surface area (Å²) < 4.78 is 2.58. The van der Waals surface area contributed by atoms with Crippen LogP contribution in [0, 0.1) is 6.92 Å². The molecule has 1 amide bonds. The molecule has 0 aliphatic rings. The summed E-state index contributed by atoms with van der Waals surface area (Å²) in [6.45, 7) is 2.38. The molecule has 3 rings (SSSR count). The molecular formula is C15H15BrN6O. The lowest BCUT2D eigenvalue weighted by molar-refractivity contribution is -0.115. The van der Waals surface area contributed by atoms with E-state index in [1.807, 2.05) is 37.3 Å². The number of amides is 1. The van der Waals surface area contributed by atoms with Crippen LogP contribution in [0.15, 0.2) is 41.1 Å². The zero-order chi connectivity index (χ0) is 16.2. The Morgan fingerprint density at radius 2 is 2.09 bits per heavy atom. The first-order chi connectivity index (χ1) is 11.1. The van der Waals surface area contributed by atoms with E-state index >= 15 is 0 Å². The summed E-state index contributed by atoms with van der Waals surface area (Å²) in [6, 6.07) is 9.33. The van der Waals surface area contributed by atoms with Crippen LogP contribution in [0.4, 0.5) is 11.5 Å². The summed E-state index contributed by atoms with van der Waals surface area (Å²) in [5.74, 6) is 1.24. The largest absolute Gasteiger partial charge is 0.369 e. The molecule has 0 spiro atoms. The van der Waals surface area contributed by atoms with Gasteiger partial charge in [-0.3, -0.25) is 4.79 Å². The van der Waals surface area contributed by atoms with E-state index in [-0.39, 0.29) is 5.91 Å². The monoisotopic (exact) mass is 374 g/mol. The molecule has 3 aromatic rings. The van der Waals surface area contributed by atoms with Crippen LogP contribution in [-0.4, -0.2) is 32.0 Å². The van der Waals surface area contributed by atoms with E-state index < -0.39 is 0 Å². The molecule has 23 heavy (non-hydrogen) atoms. The third-order valence-electron chi connectivity index (χ3n) is 3.17. The molecule has 2 heterocycles. The van der Waals surface area contributed by atoms with Crippen LogP contribution in [0.3, 0.4) is 0 Å². The van der Waals surface area contributed by atoms with Gasteiger partial charge in [-0.15, -0.1) is 0 Å². The highest BCUT2D eigenvalue weighted by Crippen LogP contribution is 2.14. The summed E-state index contributed by atoms with van der Waals surface area (Å²) in [6.07, 6.45) is 1.79. The molecule has 8 heteroatoms. The summed E-state index contributed by atoms with van der Waals surface area (Å²) in [7, 11) is 0. The second kappa shape index (κ2) is 6.74. The maximum Gasteiger partial charge on any atom is 0.254 e. The van der Waals surface area contributed by atoms with Crippen molar-refractivity contribution in [3.63, 3.8) is 0 Å². The normalized spacial score (nSPS) is 10.7. The van der Waals surface area contributed by atoms with E-state index in [9.17, 15) is 4.79 Å². The lowest BCUT2D eigenvalue weighted by Crippen LogP contribution is -2.17. The van der Waals surface area contributed by atoms with Crippen LogP contribution in [-0.2, 0) is 4.79 Å². The van der Waals surface area contributed by atoms with Gasteiger partial charge in [0.25, 0.3) is 5.78 Å². The smallest absolute Gasteiger partial charge is 0.254 e. The minimum Gasteiger partial charge on any atom is -0.369 e. The van der Waals surface area contributed by atoms with Crippen LogP contribution < -0.4 is 10.6 Å². The van der Waals surface area contributed by atoms with Gasteiger partial charge in [0, 0.05) is 34.9 Å². The summed E-state index contributed by atoms with van der Waals surface area (Å²) in [5, 5.41) is 10.2. The molecule has 0 aliphatic heterocycles. The standard InChI is InChI=1S/C15H15BrN6O/c1-10-8-13(22-15(20-10)18-9-19-22)17-7-6-14(23)21-12-4-2-11(16)3-5-12/h2-5,8-9,17H,6-7H2,1H3,(H,21,23). The fraction of sp³-hybridized carbons (Fsp3) is 0.200. The number of benzene rings is 1. The van der Waals surface area contributed by atoms with E-state index in [2.05, 4.69) is 41.6 Å². The summed E-state index contributed by atoms with van der Waals surface area (Å²) in [5.41, 5.74) is 1.61. The molecule has 0 fully saturated rings. The van der Waals surface area contributed by atoms with Crippen LogP contribution in [0.5, 0.6) is 0 Å². The third kappa shape index (κ3) is 3.84. The number of nitrogens with zero attached hydrogens (tertiary/aromatic N) is 4. The van der Waals surface area contributed by atoms with Crippen molar-refractivity contribution in [1.29, 1.82) is 0 Å². The van der Waals surface area contributed by atoms with Gasteiger partial charge in [0.05, 0.1) is 0 Å². The van der Waals surface area contributed by atoms with Crippen molar-refractivity contribution >= 4 is 39.1 Å². The second-order valence-electron chi connectivity index (χ2n) is 4.99. The lowest BCUT2D eigenvalue weighted by Gasteiger charge is -2.09. The van der Waals surface area contributed by atoms with Crippen LogP contribution >= 0.6 is 15.9 Å². The average Bonchev–Trinajstić information content (AvgIpc) is 2.98. The van der Waals surface area contributed by atoms with Gasteiger partial charge in [0.15, 0.2) is 0 Å². The number of anilines is 2. The van der Waals surface area contributed by atoms with Gasteiger partial charge in [-0.1, -0.05) is 15.9 Å². The minimum atomic E-state index is -0.0552. The van der Waals surface area contributed by atoms with E-state index in [1.165, 1.54) is 6.33 Å². The first-order valence-corrected chi connectivity index (χ1v) is 7.88. The Labute approximate surface area is 141 Å². The number of halogens is 1. The number of aryl methyl sites for hydroxylation is 1. The zero-order valence-electron chi connectivity index (χ0n) is 12.5. The maximum atomic E-state index is 12.0. The van der Waals surface area contributed by atoms with Crippen molar-refractivity contribution in [2.24, 2.45) is 0 Å². The molecule has 0 saturated carbocycles. The first kappa shape index (κ1) is 15.4. The van der Waals surface area contributed by atoms with Gasteiger partial charge in [0.1, 0.15) is 12.1 Å². The van der Waals surface area contributed by atoms with Crippen molar-refractivity contribution < 1.29 is 4.79 Å². The Kier molecular flexibility index (Phi) is 4.52. The molecule has 0 unspecified atom stereocenters. The van der Waals surface area contributed by atoms with Crippen LogP contribution in [0.2, 0.25) is 0 Å². The topological polar surface area (TPSA) is 84.2 Å². The number of aromatic nitrogens is 4. The summed E-state index contributed by atoms with van der Waals surface area (Å²) in [4.78, 5) is 20.3. The van der Waals surface area contributed by atoms with Crippen LogP contribution in [0.1, 0.15) is 12.1 Å². The number of hydrogen-bond acceptors (Lipinski definition) is 5. The van der Waals surface area contributed by atoms with Gasteiger partial charge in [-0.2, -0.15) is 14.6 Å². The summed E-state index contributed by atoms with van der Waals surface area (Å²) >= 11 is 3.36. The lowest BCUT2D eigenvalue weighted by atomic mass is 10.3. The molecule has 7 nitrogen and oxygen atoms in total. The van der Waals surface area contributed by atoms with Crippen LogP contribution in [0.25, 0.3) is 5.78 Å². The van der Waals surface area contributed by atoms with Crippen molar-refractivity contribution in [3.8, 4) is 0 Å². The van der Waals surface area contributed by atoms with Crippen molar-refractivity contribution in [1.82, 2.24) is 19.6 Å². The number of carbonyl (C=O) groups excluding carboxylic acids is 1. The molecule has 0 bridgehead atoms. The minimum absolute atomic E-state index is 0.0552. The fourth-order valence-corrected chi connectivity index (χ4v) is 2.38. The van der Waals surface area contributed by atoms with Gasteiger partial charge in [-0.25, -0.2) is 4.98 Å². The Bertz CT molecular complexity index is 830. The SMILES string of the molecule is Cc1cc(NCCC(=O)Nc2ccc(Br)cc2)n2ncnc2n1. The van der Waals surface area contributed by atoms with Gasteiger partial charge >= 0.3 is 0 Å². The quantitative estimate of drug-likeness (QED) is 0.716. The third-order valence-corrected chi connectivity index (χ3v) is 3.69. The number of hydrogen-bond donors (Lipinski definition) is 2. The van der Waals surface area contributed by atoms with Gasteiger partial charge in [-0.05, 0) is 31.2 Å². The van der Waals surface area contributed by atoms with Crippen molar-refractivity contribution in [2.45, 2.75) is 13.3 Å². The Morgan fingerprint density at radius 3 is 2.87 bits per heavy atom. The Balaban J connectivity index is 1.57. The molecule has 0 saturated heterocycles. The highest BCUT2D eigenvalue weighted by molar-refractivity contribution is 9.10. The van der Waals surface area contributed by atoms with Crippen molar-refractivity contribution in [2.75, 3.05) is 17.2 Å². The molecular weight excluding hydrogens is 360 g/mol. The fourth-order valence-electron chi connectivity index (χ4n) is 2.12. The highest BCUT2D eigenvalue weighted by atomic mass is 79.9. The van der Waals surface area contributed by atoms with Gasteiger partial charge < -0.3 is 10.6 Å². The molecule has 2 aromatic heterocycles. The Morgan fingerprint density at radius 1 is 1.30 bits per heavy atom. The number of carbonyl (C=O) groups is 1. The predicted molar refractivity (Wildman–Crippen MR) is 91.4 cm³/mol. The highest BCUT2D eigenvalue weighted by Gasteiger charge is 2.06. The molecule has 0 atom stereocenters. The first-order valence-electron chi connectivity index (χ1n) is 7.08. The van der Waals surface area contributed by atoms with E-state index in [4.69, 9.17) is 0 Å². The van der Waals surface area contributed by atoms with E-state index in [0.717, 1.165) is 21.7 Å². The molecule has 2 N–H and O–H groups in total. The number of fused-ring (bicyclic) bond motifs is 1. The zero-order valence-corrected chi connectivity index (χ0v) is 14.0. The molecule has 118 valence electrons. The van der Waals surface area contributed by atoms with E-state index in [1.54, 1.807) is 4.52 Å². The molecule has 1 aromatic carbocycles. The Hall–Kier alpha value is -2.48. The van der Waals surface area contributed by atoms with E-state index in [0.29, 0.717) is 18.7 Å². The average molecular weight is 375 g/mol. The predicted octanol–water partition coefficient (Wildman–Crippen LogP) is 2.64. The number of nitrogens with one attached hydrogen (secondary N) is 2. The molecule has 0 aliphatic carbocycles. The number of rotatable bonds is 5.